The zero-order chi connectivity index (χ0) is 16.6. The summed E-state index contributed by atoms with van der Waals surface area (Å²) in [5.41, 5.74) is 8.82. The highest BCUT2D eigenvalue weighted by molar-refractivity contribution is 5.91. The minimum absolute atomic E-state index is 0.226. The Kier molecular flexibility index (Phi) is 3.74. The van der Waals surface area contributed by atoms with E-state index in [-0.39, 0.29) is 5.75 Å². The third kappa shape index (κ3) is 3.46. The normalized spacial score (nSPS) is 12.0. The van der Waals surface area contributed by atoms with Crippen molar-refractivity contribution in [3.05, 3.63) is 42.6 Å². The Morgan fingerprint density at radius 1 is 1.17 bits per heavy atom. The van der Waals surface area contributed by atoms with Gasteiger partial charge in [0, 0.05) is 29.4 Å². The van der Waals surface area contributed by atoms with Gasteiger partial charge in [0.1, 0.15) is 5.75 Å². The minimum atomic E-state index is -0.714. The Bertz CT molecular complexity index is 830. The van der Waals surface area contributed by atoms with Gasteiger partial charge in [-0.25, -0.2) is 0 Å². The average molecular weight is 311 g/mol. The van der Waals surface area contributed by atoms with Crippen molar-refractivity contribution >= 4 is 16.6 Å². The van der Waals surface area contributed by atoms with Gasteiger partial charge in [0.2, 0.25) is 0 Å². The summed E-state index contributed by atoms with van der Waals surface area (Å²) in [5, 5.41) is 24.8. The topological polar surface area (TPSA) is 84.3 Å². The SMILES string of the molecule is CC(C)(O)CCn1cc2cc(N)c(-c3ccc(O)cc3)cc2n1. The second kappa shape index (κ2) is 5.59. The van der Waals surface area contributed by atoms with Gasteiger partial charge in [-0.3, -0.25) is 4.68 Å². The molecule has 0 aliphatic heterocycles. The third-order valence-corrected chi connectivity index (χ3v) is 3.85. The summed E-state index contributed by atoms with van der Waals surface area (Å²) in [4.78, 5) is 0. The molecule has 0 amide bonds. The average Bonchev–Trinajstić information content (AvgIpc) is 2.86. The number of phenols is 1. The van der Waals surface area contributed by atoms with Crippen LogP contribution < -0.4 is 5.73 Å². The Labute approximate surface area is 135 Å². The van der Waals surface area contributed by atoms with Crippen molar-refractivity contribution in [2.45, 2.75) is 32.4 Å². The second-order valence-electron chi connectivity index (χ2n) is 6.50. The summed E-state index contributed by atoms with van der Waals surface area (Å²) < 4.78 is 1.84. The highest BCUT2D eigenvalue weighted by Gasteiger charge is 2.13. The van der Waals surface area contributed by atoms with Crippen molar-refractivity contribution in [2.75, 3.05) is 5.73 Å². The number of aryl methyl sites for hydroxylation is 1. The van der Waals surface area contributed by atoms with E-state index in [1.807, 2.05) is 35.1 Å². The molecule has 0 spiro atoms. The van der Waals surface area contributed by atoms with E-state index in [4.69, 9.17) is 5.73 Å². The molecule has 1 aromatic heterocycles. The van der Waals surface area contributed by atoms with E-state index in [9.17, 15) is 10.2 Å². The fourth-order valence-electron chi connectivity index (χ4n) is 2.53. The van der Waals surface area contributed by atoms with Gasteiger partial charge in [0.15, 0.2) is 0 Å². The van der Waals surface area contributed by atoms with Crippen LogP contribution >= 0.6 is 0 Å². The van der Waals surface area contributed by atoms with E-state index in [0.29, 0.717) is 18.7 Å². The summed E-state index contributed by atoms with van der Waals surface area (Å²) in [6.07, 6.45) is 2.57. The Balaban J connectivity index is 1.96. The van der Waals surface area contributed by atoms with Gasteiger partial charge in [-0.15, -0.1) is 0 Å². The predicted molar refractivity (Wildman–Crippen MR) is 92.2 cm³/mol. The van der Waals surface area contributed by atoms with E-state index in [0.717, 1.165) is 22.0 Å². The van der Waals surface area contributed by atoms with Gasteiger partial charge in [0.25, 0.3) is 0 Å². The number of hydrogen-bond acceptors (Lipinski definition) is 4. The van der Waals surface area contributed by atoms with Crippen molar-refractivity contribution in [1.29, 1.82) is 0 Å². The van der Waals surface area contributed by atoms with Gasteiger partial charge in [-0.2, -0.15) is 5.10 Å². The first-order valence-electron chi connectivity index (χ1n) is 7.60. The molecule has 3 rings (SSSR count). The number of benzene rings is 2. The predicted octanol–water partition coefficient (Wildman–Crippen LogP) is 3.15. The first kappa shape index (κ1) is 15.4. The maximum absolute atomic E-state index is 9.83. The molecule has 120 valence electrons. The molecule has 0 aliphatic carbocycles. The second-order valence-corrected chi connectivity index (χ2v) is 6.50. The molecule has 0 saturated carbocycles. The number of nitrogen functional groups attached to an aromatic ring is 1. The van der Waals surface area contributed by atoms with Crippen molar-refractivity contribution in [3.8, 4) is 16.9 Å². The quantitative estimate of drug-likeness (QED) is 0.646. The maximum Gasteiger partial charge on any atom is 0.115 e. The third-order valence-electron chi connectivity index (χ3n) is 3.85. The van der Waals surface area contributed by atoms with E-state index >= 15 is 0 Å². The number of nitrogens with zero attached hydrogens (tertiary/aromatic N) is 2. The first-order chi connectivity index (χ1) is 10.8. The first-order valence-corrected chi connectivity index (χ1v) is 7.60. The van der Waals surface area contributed by atoms with E-state index in [2.05, 4.69) is 5.10 Å². The largest absolute Gasteiger partial charge is 0.508 e. The van der Waals surface area contributed by atoms with Crippen LogP contribution in [0, 0.1) is 0 Å². The lowest BCUT2D eigenvalue weighted by atomic mass is 10.0. The zero-order valence-electron chi connectivity index (χ0n) is 13.3. The molecule has 3 aromatic rings. The van der Waals surface area contributed by atoms with Crippen LogP contribution in [-0.4, -0.2) is 25.6 Å². The number of anilines is 1. The molecule has 5 heteroatoms. The fourth-order valence-corrected chi connectivity index (χ4v) is 2.53. The summed E-state index contributed by atoms with van der Waals surface area (Å²) in [6, 6.07) is 10.8. The summed E-state index contributed by atoms with van der Waals surface area (Å²) >= 11 is 0. The van der Waals surface area contributed by atoms with Crippen LogP contribution in [-0.2, 0) is 6.54 Å². The number of aromatic nitrogens is 2. The molecular formula is C18H21N3O2. The molecular weight excluding hydrogens is 290 g/mol. The number of phenolic OH excluding ortho intramolecular Hbond substituents is 1. The van der Waals surface area contributed by atoms with Crippen molar-refractivity contribution in [2.24, 2.45) is 0 Å². The van der Waals surface area contributed by atoms with Crippen LogP contribution in [0.4, 0.5) is 5.69 Å². The number of rotatable bonds is 4. The lowest BCUT2D eigenvalue weighted by Crippen LogP contribution is -2.21. The van der Waals surface area contributed by atoms with Crippen molar-refractivity contribution in [1.82, 2.24) is 9.78 Å². The molecule has 0 saturated heterocycles. The van der Waals surface area contributed by atoms with E-state index in [1.165, 1.54) is 0 Å². The van der Waals surface area contributed by atoms with E-state index in [1.54, 1.807) is 26.0 Å². The van der Waals surface area contributed by atoms with Crippen LogP contribution in [0.5, 0.6) is 5.75 Å². The van der Waals surface area contributed by atoms with Crippen molar-refractivity contribution < 1.29 is 10.2 Å². The summed E-state index contributed by atoms with van der Waals surface area (Å²) in [6.45, 7) is 4.22. The number of fused-ring (bicyclic) bond motifs is 1. The van der Waals surface area contributed by atoms with Gasteiger partial charge in [-0.05, 0) is 50.1 Å². The van der Waals surface area contributed by atoms with Crippen molar-refractivity contribution in [3.63, 3.8) is 0 Å². The van der Waals surface area contributed by atoms with Gasteiger partial charge in [0.05, 0.1) is 11.1 Å². The molecule has 2 aromatic carbocycles. The van der Waals surface area contributed by atoms with Gasteiger partial charge >= 0.3 is 0 Å². The molecule has 0 atom stereocenters. The molecule has 0 radical (unpaired) electrons. The van der Waals surface area contributed by atoms with Crippen LogP contribution in [0.15, 0.2) is 42.6 Å². The Morgan fingerprint density at radius 3 is 2.52 bits per heavy atom. The van der Waals surface area contributed by atoms with Crippen LogP contribution in [0.25, 0.3) is 22.0 Å². The number of aromatic hydroxyl groups is 1. The lowest BCUT2D eigenvalue weighted by molar-refractivity contribution is 0.0651. The summed E-state index contributed by atoms with van der Waals surface area (Å²) in [7, 11) is 0. The Hall–Kier alpha value is -2.53. The molecule has 1 heterocycles. The molecule has 0 fully saturated rings. The fraction of sp³-hybridized carbons (Fsp3) is 0.278. The zero-order valence-corrected chi connectivity index (χ0v) is 13.3. The standard InChI is InChI=1S/C18H21N3O2/c1-18(2,23)7-8-21-11-13-9-16(19)15(10-17(13)20-21)12-3-5-14(22)6-4-12/h3-6,9-11,22-23H,7-8,19H2,1-2H3. The molecule has 0 bridgehead atoms. The van der Waals surface area contributed by atoms with Crippen LogP contribution in [0.2, 0.25) is 0 Å². The molecule has 0 aliphatic rings. The van der Waals surface area contributed by atoms with Crippen LogP contribution in [0.1, 0.15) is 20.3 Å². The summed E-state index contributed by atoms with van der Waals surface area (Å²) in [5.74, 6) is 0.226. The van der Waals surface area contributed by atoms with Gasteiger partial charge in [-0.1, -0.05) is 12.1 Å². The maximum atomic E-state index is 9.83. The molecule has 5 nitrogen and oxygen atoms in total. The van der Waals surface area contributed by atoms with E-state index < -0.39 is 5.60 Å². The number of nitrogens with two attached hydrogens (primary N) is 1. The molecule has 4 N–H and O–H groups in total. The lowest BCUT2D eigenvalue weighted by Gasteiger charge is -2.16. The number of aliphatic hydroxyl groups is 1. The minimum Gasteiger partial charge on any atom is -0.508 e. The van der Waals surface area contributed by atoms with Gasteiger partial charge < -0.3 is 15.9 Å². The molecule has 0 unspecified atom stereocenters. The van der Waals surface area contributed by atoms with Crippen LogP contribution in [0.3, 0.4) is 0 Å². The molecule has 23 heavy (non-hydrogen) atoms. The highest BCUT2D eigenvalue weighted by atomic mass is 16.3. The monoisotopic (exact) mass is 311 g/mol. The number of hydrogen-bond donors (Lipinski definition) is 3. The smallest absolute Gasteiger partial charge is 0.115 e. The Morgan fingerprint density at radius 2 is 1.87 bits per heavy atom. The highest BCUT2D eigenvalue weighted by Crippen LogP contribution is 2.31.